The van der Waals surface area contributed by atoms with Crippen molar-refractivity contribution in [3.8, 4) is 0 Å². The van der Waals surface area contributed by atoms with Crippen LogP contribution < -0.4 is 0 Å². The summed E-state index contributed by atoms with van der Waals surface area (Å²) >= 11 is 0. The summed E-state index contributed by atoms with van der Waals surface area (Å²) in [5.74, 6) is 0.611. The van der Waals surface area contributed by atoms with E-state index in [0.717, 1.165) is 6.42 Å². The van der Waals surface area contributed by atoms with Gasteiger partial charge in [0.15, 0.2) is 0 Å². The van der Waals surface area contributed by atoms with Crippen LogP contribution in [0.5, 0.6) is 0 Å². The zero-order valence-corrected chi connectivity index (χ0v) is 7.57. The van der Waals surface area contributed by atoms with Crippen molar-refractivity contribution >= 4 is 5.78 Å². The molecular formula is C11H16O. The van der Waals surface area contributed by atoms with Gasteiger partial charge in [-0.25, -0.2) is 0 Å². The second-order valence-corrected chi connectivity index (χ2v) is 4.99. The fourth-order valence-electron chi connectivity index (χ4n) is 3.92. The molecule has 0 aromatic carbocycles. The van der Waals surface area contributed by atoms with Crippen LogP contribution in [0.25, 0.3) is 0 Å². The molecule has 0 aromatic rings. The van der Waals surface area contributed by atoms with Gasteiger partial charge in [0, 0.05) is 11.8 Å². The van der Waals surface area contributed by atoms with Gasteiger partial charge < -0.3 is 0 Å². The number of rotatable bonds is 0. The van der Waals surface area contributed by atoms with Crippen LogP contribution in [0.15, 0.2) is 0 Å². The molecule has 3 aliphatic rings. The third kappa shape index (κ3) is 0.541. The molecule has 0 saturated heterocycles. The Kier molecular flexibility index (Phi) is 1.15. The van der Waals surface area contributed by atoms with E-state index in [-0.39, 0.29) is 5.41 Å². The van der Waals surface area contributed by atoms with Crippen LogP contribution in [0.3, 0.4) is 0 Å². The first-order valence-corrected chi connectivity index (χ1v) is 5.33. The molecule has 1 unspecified atom stereocenters. The number of carbonyl (C=O) groups excluding carboxylic acids is 1. The second kappa shape index (κ2) is 1.94. The van der Waals surface area contributed by atoms with Gasteiger partial charge >= 0.3 is 0 Å². The molecule has 0 aliphatic heterocycles. The summed E-state index contributed by atoms with van der Waals surface area (Å²) in [6.07, 6.45) is 10.1. The van der Waals surface area contributed by atoms with Crippen LogP contribution in [0, 0.1) is 10.8 Å². The number of fused-ring (bicyclic) bond motifs is 1. The summed E-state index contributed by atoms with van der Waals surface area (Å²) in [7, 11) is 0. The Morgan fingerprint density at radius 2 is 1.58 bits per heavy atom. The molecule has 3 fully saturated rings. The Morgan fingerprint density at radius 3 is 1.92 bits per heavy atom. The normalized spacial score (nSPS) is 43.2. The van der Waals surface area contributed by atoms with Gasteiger partial charge in [0.1, 0.15) is 5.78 Å². The maximum atomic E-state index is 11.7. The Bertz CT molecular complexity index is 239. The van der Waals surface area contributed by atoms with Crippen molar-refractivity contribution in [2.24, 2.45) is 10.8 Å². The predicted octanol–water partition coefficient (Wildman–Crippen LogP) is 2.69. The Labute approximate surface area is 73.5 Å². The third-order valence-corrected chi connectivity index (χ3v) is 4.90. The number of Topliss-reactive ketones (excluding diaryl/α,β-unsaturated/α-hetero) is 1. The Balaban J connectivity index is 1.97. The fraction of sp³-hybridized carbons (Fsp3) is 0.909. The van der Waals surface area contributed by atoms with Gasteiger partial charge in [-0.05, 0) is 37.5 Å². The van der Waals surface area contributed by atoms with Gasteiger partial charge in [-0.3, -0.25) is 4.79 Å². The lowest BCUT2D eigenvalue weighted by Gasteiger charge is -2.55. The second-order valence-electron chi connectivity index (χ2n) is 4.99. The number of ketones is 1. The van der Waals surface area contributed by atoms with Crippen molar-refractivity contribution in [1.29, 1.82) is 0 Å². The van der Waals surface area contributed by atoms with Crippen molar-refractivity contribution in [1.82, 2.24) is 0 Å². The lowest BCUT2D eigenvalue weighted by molar-refractivity contribution is -0.154. The maximum Gasteiger partial charge on any atom is 0.139 e. The van der Waals surface area contributed by atoms with E-state index in [9.17, 15) is 4.79 Å². The summed E-state index contributed by atoms with van der Waals surface area (Å²) in [6, 6.07) is 0. The molecule has 3 rings (SSSR count). The average molecular weight is 164 g/mol. The maximum absolute atomic E-state index is 11.7. The van der Waals surface area contributed by atoms with E-state index in [1.807, 2.05) is 0 Å². The molecule has 3 saturated carbocycles. The lowest BCUT2D eigenvalue weighted by atomic mass is 9.47. The van der Waals surface area contributed by atoms with Crippen LogP contribution in [-0.2, 0) is 4.79 Å². The van der Waals surface area contributed by atoms with Crippen molar-refractivity contribution in [2.75, 3.05) is 0 Å². The Hall–Kier alpha value is -0.330. The SMILES string of the molecule is O=C1CCC12CCCC21CCC1. The van der Waals surface area contributed by atoms with Crippen LogP contribution in [0.2, 0.25) is 0 Å². The molecule has 0 radical (unpaired) electrons. The largest absolute Gasteiger partial charge is 0.299 e. The molecule has 1 heteroatoms. The van der Waals surface area contributed by atoms with Crippen molar-refractivity contribution in [2.45, 2.75) is 51.4 Å². The van der Waals surface area contributed by atoms with E-state index < -0.39 is 0 Å². The van der Waals surface area contributed by atoms with Crippen LogP contribution >= 0.6 is 0 Å². The van der Waals surface area contributed by atoms with Gasteiger partial charge in [-0.2, -0.15) is 0 Å². The monoisotopic (exact) mass is 164 g/mol. The van der Waals surface area contributed by atoms with E-state index in [4.69, 9.17) is 0 Å². The van der Waals surface area contributed by atoms with Gasteiger partial charge in [0.25, 0.3) is 0 Å². The van der Waals surface area contributed by atoms with Gasteiger partial charge in [0.05, 0.1) is 0 Å². The molecule has 0 bridgehead atoms. The molecule has 66 valence electrons. The highest BCUT2D eigenvalue weighted by Crippen LogP contribution is 2.69. The zero-order valence-electron chi connectivity index (χ0n) is 7.57. The van der Waals surface area contributed by atoms with E-state index in [1.54, 1.807) is 0 Å². The van der Waals surface area contributed by atoms with E-state index in [2.05, 4.69) is 0 Å². The third-order valence-electron chi connectivity index (χ3n) is 4.90. The highest BCUT2D eigenvalue weighted by Gasteiger charge is 2.64. The summed E-state index contributed by atoms with van der Waals surface area (Å²) in [5.41, 5.74) is 0.758. The Morgan fingerprint density at radius 1 is 0.917 bits per heavy atom. The molecule has 12 heavy (non-hydrogen) atoms. The fourth-order valence-corrected chi connectivity index (χ4v) is 3.92. The smallest absolute Gasteiger partial charge is 0.139 e. The highest BCUT2D eigenvalue weighted by atomic mass is 16.1. The number of hydrogen-bond donors (Lipinski definition) is 0. The topological polar surface area (TPSA) is 17.1 Å². The minimum absolute atomic E-state index is 0.227. The molecule has 0 N–H and O–H groups in total. The first kappa shape index (κ1) is 7.11. The van der Waals surface area contributed by atoms with Gasteiger partial charge in [0.2, 0.25) is 0 Å². The molecule has 1 nitrogen and oxygen atoms in total. The first-order chi connectivity index (χ1) is 5.79. The zero-order chi connectivity index (χ0) is 8.23. The van der Waals surface area contributed by atoms with Crippen LogP contribution in [-0.4, -0.2) is 5.78 Å². The van der Waals surface area contributed by atoms with Crippen molar-refractivity contribution in [3.05, 3.63) is 0 Å². The van der Waals surface area contributed by atoms with E-state index in [1.165, 1.54) is 44.9 Å². The molecule has 0 aromatic heterocycles. The molecule has 0 amide bonds. The van der Waals surface area contributed by atoms with Crippen LogP contribution in [0.1, 0.15) is 51.4 Å². The molecule has 1 atom stereocenters. The minimum atomic E-state index is 0.227. The highest BCUT2D eigenvalue weighted by molar-refractivity contribution is 5.91. The summed E-state index contributed by atoms with van der Waals surface area (Å²) in [4.78, 5) is 11.7. The molecule has 2 spiro atoms. The minimum Gasteiger partial charge on any atom is -0.299 e. The standard InChI is InChI=1S/C11H16O/c12-9-3-8-11(9)7-2-6-10(11)4-1-5-10/h1-8H2. The van der Waals surface area contributed by atoms with Crippen LogP contribution in [0.4, 0.5) is 0 Å². The summed E-state index contributed by atoms with van der Waals surface area (Å²) < 4.78 is 0. The summed E-state index contributed by atoms with van der Waals surface area (Å²) in [6.45, 7) is 0. The van der Waals surface area contributed by atoms with Gasteiger partial charge in [-0.15, -0.1) is 0 Å². The first-order valence-electron chi connectivity index (χ1n) is 5.33. The van der Waals surface area contributed by atoms with Gasteiger partial charge in [-0.1, -0.05) is 12.8 Å². The lowest BCUT2D eigenvalue weighted by Crippen LogP contribution is -2.53. The predicted molar refractivity (Wildman–Crippen MR) is 46.8 cm³/mol. The summed E-state index contributed by atoms with van der Waals surface area (Å²) in [5, 5.41) is 0. The molecular weight excluding hydrogens is 148 g/mol. The van der Waals surface area contributed by atoms with E-state index in [0.29, 0.717) is 11.2 Å². The molecule has 3 aliphatic carbocycles. The average Bonchev–Trinajstić information content (AvgIpc) is 2.42. The quantitative estimate of drug-likeness (QED) is 0.538. The number of carbonyl (C=O) groups is 1. The van der Waals surface area contributed by atoms with Crippen molar-refractivity contribution < 1.29 is 4.79 Å². The van der Waals surface area contributed by atoms with Crippen molar-refractivity contribution in [3.63, 3.8) is 0 Å². The molecule has 0 heterocycles. The van der Waals surface area contributed by atoms with E-state index >= 15 is 0 Å². The number of hydrogen-bond acceptors (Lipinski definition) is 1.